The zero-order valence-electron chi connectivity index (χ0n) is 11.2. The van der Waals surface area contributed by atoms with Crippen molar-refractivity contribution in [2.75, 3.05) is 13.7 Å². The summed E-state index contributed by atoms with van der Waals surface area (Å²) in [6.07, 6.45) is 0.894. The molecule has 1 aromatic rings. The summed E-state index contributed by atoms with van der Waals surface area (Å²) >= 11 is 0. The monoisotopic (exact) mass is 276 g/mol. The second-order valence-electron chi connectivity index (χ2n) is 5.30. The number of ketones is 1. The molecule has 5 nitrogen and oxygen atoms in total. The number of methoxy groups -OCH3 is 1. The van der Waals surface area contributed by atoms with Crippen molar-refractivity contribution in [2.24, 2.45) is 11.8 Å². The van der Waals surface area contributed by atoms with Gasteiger partial charge in [0.2, 0.25) is 0 Å². The van der Waals surface area contributed by atoms with Crippen molar-refractivity contribution in [3.05, 3.63) is 23.8 Å². The average Bonchev–Trinajstić information content (AvgIpc) is 2.46. The highest BCUT2D eigenvalue weighted by Crippen LogP contribution is 2.47. The van der Waals surface area contributed by atoms with Gasteiger partial charge in [-0.2, -0.15) is 0 Å². The van der Waals surface area contributed by atoms with Crippen molar-refractivity contribution >= 4 is 11.8 Å². The number of Topliss-reactive ketones (excluding diaryl/α,β-unsaturated/α-hetero) is 1. The molecule has 2 unspecified atom stereocenters. The Morgan fingerprint density at radius 1 is 1.45 bits per heavy atom. The van der Waals surface area contributed by atoms with Gasteiger partial charge in [0.25, 0.3) is 0 Å². The fourth-order valence-electron chi connectivity index (χ4n) is 3.29. The number of phenolic OH excluding ortho intramolecular Hbond substituents is 1. The van der Waals surface area contributed by atoms with E-state index in [4.69, 9.17) is 9.47 Å². The Labute approximate surface area is 116 Å². The molecular formula is C15H16O5. The number of aromatic hydroxyl groups is 1. The Morgan fingerprint density at radius 3 is 3.00 bits per heavy atom. The number of fused-ring (bicyclic) bond motifs is 3. The zero-order chi connectivity index (χ0) is 14.3. The number of carbonyl (C=O) groups excluding carboxylic acids is 2. The van der Waals surface area contributed by atoms with Crippen molar-refractivity contribution in [1.82, 2.24) is 0 Å². The third-order valence-electron chi connectivity index (χ3n) is 4.26. The number of hydrogen-bond acceptors (Lipinski definition) is 5. The first-order valence-electron chi connectivity index (χ1n) is 6.68. The third kappa shape index (κ3) is 1.94. The number of benzene rings is 1. The lowest BCUT2D eigenvalue weighted by atomic mass is 9.67. The Kier molecular flexibility index (Phi) is 3.12. The number of ether oxygens (including phenoxy) is 2. The van der Waals surface area contributed by atoms with E-state index < -0.39 is 0 Å². The van der Waals surface area contributed by atoms with Crippen LogP contribution < -0.4 is 4.74 Å². The van der Waals surface area contributed by atoms with Gasteiger partial charge < -0.3 is 14.6 Å². The van der Waals surface area contributed by atoms with Crippen LogP contribution in [-0.4, -0.2) is 30.6 Å². The van der Waals surface area contributed by atoms with Gasteiger partial charge >= 0.3 is 5.97 Å². The van der Waals surface area contributed by atoms with Gasteiger partial charge in [0.15, 0.2) is 0 Å². The van der Waals surface area contributed by atoms with Crippen LogP contribution in [0.15, 0.2) is 18.2 Å². The highest BCUT2D eigenvalue weighted by molar-refractivity contribution is 5.87. The minimum atomic E-state index is -0.324. The molecule has 0 bridgehead atoms. The molecule has 1 aliphatic carbocycles. The maximum Gasteiger partial charge on any atom is 0.309 e. The van der Waals surface area contributed by atoms with E-state index in [-0.39, 0.29) is 41.9 Å². The first-order valence-corrected chi connectivity index (χ1v) is 6.68. The van der Waals surface area contributed by atoms with Crippen LogP contribution in [0, 0.1) is 11.8 Å². The number of hydrogen-bond donors (Lipinski definition) is 1. The van der Waals surface area contributed by atoms with Crippen molar-refractivity contribution in [3.63, 3.8) is 0 Å². The lowest BCUT2D eigenvalue weighted by molar-refractivity contribution is -0.150. The molecule has 1 saturated carbocycles. The van der Waals surface area contributed by atoms with Crippen LogP contribution in [-0.2, 0) is 14.3 Å². The minimum Gasteiger partial charge on any atom is -0.508 e. The largest absolute Gasteiger partial charge is 0.508 e. The van der Waals surface area contributed by atoms with Gasteiger partial charge in [-0.15, -0.1) is 0 Å². The molecule has 1 N–H and O–H groups in total. The van der Waals surface area contributed by atoms with Crippen molar-refractivity contribution in [2.45, 2.75) is 18.8 Å². The molecule has 3 rings (SSSR count). The molecule has 1 fully saturated rings. The Bertz CT molecular complexity index is 565. The summed E-state index contributed by atoms with van der Waals surface area (Å²) in [5.74, 6) is -0.330. The minimum absolute atomic E-state index is 0.110. The molecule has 0 saturated heterocycles. The normalized spacial score (nSPS) is 28.1. The average molecular weight is 276 g/mol. The summed E-state index contributed by atoms with van der Waals surface area (Å²) in [5, 5.41) is 9.52. The first-order chi connectivity index (χ1) is 9.61. The predicted octanol–water partition coefficient (Wildman–Crippen LogP) is 1.64. The Balaban J connectivity index is 2.05. The lowest BCUT2D eigenvalue weighted by Gasteiger charge is -2.39. The van der Waals surface area contributed by atoms with E-state index >= 15 is 0 Å². The Hall–Kier alpha value is -2.04. The fourth-order valence-corrected chi connectivity index (χ4v) is 3.29. The van der Waals surface area contributed by atoms with Crippen LogP contribution in [0.25, 0.3) is 0 Å². The molecule has 1 aromatic carbocycles. The zero-order valence-corrected chi connectivity index (χ0v) is 11.2. The molecule has 3 atom stereocenters. The molecule has 0 amide bonds. The fraction of sp³-hybridized carbons (Fsp3) is 0.467. The topological polar surface area (TPSA) is 72.8 Å². The number of rotatable bonds is 1. The van der Waals surface area contributed by atoms with Crippen LogP contribution in [0.5, 0.6) is 11.5 Å². The summed E-state index contributed by atoms with van der Waals surface area (Å²) < 4.78 is 10.4. The van der Waals surface area contributed by atoms with Crippen LogP contribution in [0.3, 0.4) is 0 Å². The Morgan fingerprint density at radius 2 is 2.25 bits per heavy atom. The van der Waals surface area contributed by atoms with E-state index in [9.17, 15) is 14.7 Å². The van der Waals surface area contributed by atoms with Gasteiger partial charge in [-0.05, 0) is 18.1 Å². The van der Waals surface area contributed by atoms with Crippen LogP contribution in [0.2, 0.25) is 0 Å². The van der Waals surface area contributed by atoms with Crippen LogP contribution >= 0.6 is 0 Å². The number of phenols is 1. The van der Waals surface area contributed by atoms with Crippen molar-refractivity contribution in [1.29, 1.82) is 0 Å². The summed E-state index contributed by atoms with van der Waals surface area (Å²) in [7, 11) is 1.37. The number of esters is 1. The molecule has 5 heteroatoms. The highest BCUT2D eigenvalue weighted by Gasteiger charge is 2.46. The summed E-state index contributed by atoms with van der Waals surface area (Å²) in [6, 6.07) is 4.81. The van der Waals surface area contributed by atoms with Gasteiger partial charge in [0, 0.05) is 18.4 Å². The van der Waals surface area contributed by atoms with E-state index in [0.717, 1.165) is 5.56 Å². The molecule has 106 valence electrons. The first kappa shape index (κ1) is 13.0. The van der Waals surface area contributed by atoms with Gasteiger partial charge in [-0.25, -0.2) is 0 Å². The molecule has 1 aliphatic heterocycles. The van der Waals surface area contributed by atoms with Gasteiger partial charge in [-0.3, -0.25) is 9.59 Å². The predicted molar refractivity (Wildman–Crippen MR) is 69.6 cm³/mol. The molecule has 2 aliphatic rings. The summed E-state index contributed by atoms with van der Waals surface area (Å²) in [4.78, 5) is 24.1. The van der Waals surface area contributed by atoms with Crippen molar-refractivity contribution in [3.8, 4) is 11.5 Å². The standard InChI is InChI=1S/C15H16O5/c1-19-15(18)10-4-5-12(17)11-7-20-13-6-8(16)2-3-9(13)14(10)11/h2-3,6,10-11,14,16H,4-5,7H2,1H3/t10?,11-,14?/m1/s1. The van der Waals surface area contributed by atoms with Gasteiger partial charge in [0.1, 0.15) is 17.3 Å². The van der Waals surface area contributed by atoms with E-state index in [2.05, 4.69) is 0 Å². The number of carbonyl (C=O) groups is 2. The maximum atomic E-state index is 12.1. The molecule has 1 heterocycles. The lowest BCUT2D eigenvalue weighted by Crippen LogP contribution is -2.42. The van der Waals surface area contributed by atoms with Crippen molar-refractivity contribution < 1.29 is 24.2 Å². The van der Waals surface area contributed by atoms with Crippen LogP contribution in [0.1, 0.15) is 24.3 Å². The third-order valence-corrected chi connectivity index (χ3v) is 4.26. The maximum absolute atomic E-state index is 12.1. The second-order valence-corrected chi connectivity index (χ2v) is 5.30. The van der Waals surface area contributed by atoms with E-state index in [1.807, 2.05) is 0 Å². The van der Waals surface area contributed by atoms with E-state index in [1.165, 1.54) is 13.2 Å². The van der Waals surface area contributed by atoms with Crippen LogP contribution in [0.4, 0.5) is 0 Å². The van der Waals surface area contributed by atoms with Gasteiger partial charge in [-0.1, -0.05) is 6.07 Å². The quantitative estimate of drug-likeness (QED) is 0.789. The molecule has 0 radical (unpaired) electrons. The summed E-state index contributed by atoms with van der Waals surface area (Å²) in [5.41, 5.74) is 0.808. The smallest absolute Gasteiger partial charge is 0.309 e. The van der Waals surface area contributed by atoms with E-state index in [0.29, 0.717) is 18.6 Å². The van der Waals surface area contributed by atoms with E-state index in [1.54, 1.807) is 12.1 Å². The molecule has 0 spiro atoms. The summed E-state index contributed by atoms with van der Waals surface area (Å²) in [6.45, 7) is 0.257. The molecular weight excluding hydrogens is 260 g/mol. The second kappa shape index (κ2) is 4.81. The van der Waals surface area contributed by atoms with Gasteiger partial charge in [0.05, 0.1) is 25.6 Å². The highest BCUT2D eigenvalue weighted by atomic mass is 16.5. The molecule has 20 heavy (non-hydrogen) atoms. The SMILES string of the molecule is COC(=O)C1CCC(=O)[C@H]2COc3cc(O)ccc3C12. The molecule has 0 aromatic heterocycles.